The van der Waals surface area contributed by atoms with Crippen molar-refractivity contribution in [2.45, 2.75) is 60.7 Å². The van der Waals surface area contributed by atoms with Gasteiger partial charge in [0.15, 0.2) is 0 Å². The number of hydrogen-bond donors (Lipinski definition) is 1. The number of aliphatic hydroxyl groups is 1. The van der Waals surface area contributed by atoms with Crippen molar-refractivity contribution in [3.8, 4) is 12.1 Å². The Labute approximate surface area is 221 Å². The zero-order valence-corrected chi connectivity index (χ0v) is 23.7. The number of halogens is 1. The molecule has 7 nitrogen and oxygen atoms in total. The molecule has 37 heavy (non-hydrogen) atoms. The molecule has 0 spiro atoms. The van der Waals surface area contributed by atoms with Gasteiger partial charge in [-0.3, -0.25) is 9.56 Å². The smallest absolute Gasteiger partial charge is 0.297 e. The summed E-state index contributed by atoms with van der Waals surface area (Å²) in [7, 11) is 4.29. The minimum absolute atomic E-state index is 0.200. The van der Waals surface area contributed by atoms with E-state index >= 15 is 0 Å². The second-order valence-electron chi connectivity index (χ2n) is 6.85. The quantitative estimate of drug-likeness (QED) is 0.296. The molecule has 1 atom stereocenters. The van der Waals surface area contributed by atoms with Gasteiger partial charge in [0.2, 0.25) is 0 Å². The van der Waals surface area contributed by atoms with Crippen LogP contribution in [-0.2, 0) is 17.8 Å². The summed E-state index contributed by atoms with van der Waals surface area (Å²) >= 11 is 0. The van der Waals surface area contributed by atoms with Crippen LogP contribution in [0, 0.1) is 17.1 Å². The van der Waals surface area contributed by atoms with Gasteiger partial charge in [-0.15, -0.1) is 0 Å². The van der Waals surface area contributed by atoms with Gasteiger partial charge in [-0.2, -0.15) is 10.2 Å². The first-order valence-electron chi connectivity index (χ1n) is 12.2. The molecule has 0 radical (unpaired) electrons. The van der Waals surface area contributed by atoms with Crippen LogP contribution in [0.1, 0.15) is 52.7 Å². The van der Waals surface area contributed by atoms with Crippen molar-refractivity contribution in [1.29, 1.82) is 5.26 Å². The number of aryl methyl sites for hydroxylation is 1. The zero-order chi connectivity index (χ0) is 28.6. The number of imidazole rings is 1. The summed E-state index contributed by atoms with van der Waals surface area (Å²) < 4.78 is 24.6. The number of ether oxygens (including phenoxy) is 2. The molecule has 0 saturated heterocycles. The maximum atomic E-state index is 12.5. The molecule has 0 aliphatic rings. The van der Waals surface area contributed by atoms with Crippen molar-refractivity contribution < 1.29 is 19.0 Å². The lowest BCUT2D eigenvalue weighted by atomic mass is 10.2. The maximum Gasteiger partial charge on any atom is 0.297 e. The van der Waals surface area contributed by atoms with E-state index in [1.54, 1.807) is 38.6 Å². The minimum Gasteiger partial charge on any atom is -0.468 e. The van der Waals surface area contributed by atoms with Crippen molar-refractivity contribution in [1.82, 2.24) is 9.55 Å². The normalized spacial score (nSPS) is 10.5. The van der Waals surface area contributed by atoms with Crippen LogP contribution in [0.2, 0.25) is 0 Å². The van der Waals surface area contributed by atoms with E-state index < -0.39 is 0 Å². The highest BCUT2D eigenvalue weighted by atomic mass is 19.1. The Hall–Kier alpha value is -3.54. The van der Waals surface area contributed by atoms with E-state index in [0.717, 1.165) is 30.3 Å². The Morgan fingerprint density at radius 1 is 1.16 bits per heavy atom. The van der Waals surface area contributed by atoms with Gasteiger partial charge in [0, 0.05) is 20.8 Å². The number of aliphatic imine (C=N–C) groups is 1. The molecule has 3 rings (SSSR count). The Morgan fingerprint density at radius 3 is 2.30 bits per heavy atom. The van der Waals surface area contributed by atoms with Gasteiger partial charge in [-0.1, -0.05) is 38.1 Å². The van der Waals surface area contributed by atoms with E-state index in [0.29, 0.717) is 18.1 Å². The van der Waals surface area contributed by atoms with Crippen LogP contribution >= 0.6 is 0 Å². The monoisotopic (exact) mass is 514 g/mol. The molecule has 1 aromatic heterocycles. The van der Waals surface area contributed by atoms with Gasteiger partial charge in [0.25, 0.3) is 6.01 Å². The summed E-state index contributed by atoms with van der Waals surface area (Å²) in [6.07, 6.45) is 5.96. The fraction of sp³-hybridized carbons (Fsp3) is 0.414. The number of nitrogens with zero attached hydrogens (tertiary/aromatic N) is 4. The molecular formula is C29H43FN4O3. The molecule has 0 aliphatic heterocycles. The molecule has 8 heteroatoms. The number of fused-ring (bicyclic) bond motifs is 1. The summed E-state index contributed by atoms with van der Waals surface area (Å²) in [5, 5.41) is 15.8. The first kappa shape index (κ1) is 35.6. The van der Waals surface area contributed by atoms with Gasteiger partial charge >= 0.3 is 0 Å². The van der Waals surface area contributed by atoms with Crippen LogP contribution in [0.3, 0.4) is 0 Å². The predicted molar refractivity (Wildman–Crippen MR) is 152 cm³/mol. The topological polar surface area (TPSA) is 92.7 Å². The lowest BCUT2D eigenvalue weighted by molar-refractivity contribution is 0.156. The summed E-state index contributed by atoms with van der Waals surface area (Å²) in [4.78, 5) is 8.29. The molecule has 0 fully saturated rings. The summed E-state index contributed by atoms with van der Waals surface area (Å²) in [6, 6.07) is 14.6. The van der Waals surface area contributed by atoms with Crippen LogP contribution in [-0.4, -0.2) is 48.3 Å². The third kappa shape index (κ3) is 14.0. The highest BCUT2D eigenvalue weighted by molar-refractivity contribution is 5.78. The highest BCUT2D eigenvalue weighted by Crippen LogP contribution is 2.21. The zero-order valence-electron chi connectivity index (χ0n) is 23.7. The molecule has 1 heterocycles. The van der Waals surface area contributed by atoms with Crippen LogP contribution in [0.25, 0.3) is 11.0 Å². The molecule has 0 bridgehead atoms. The first-order chi connectivity index (χ1) is 17.9. The third-order valence-corrected chi connectivity index (χ3v) is 4.52. The Bertz CT molecular complexity index is 1090. The Morgan fingerprint density at radius 2 is 1.84 bits per heavy atom. The lowest BCUT2D eigenvalue weighted by Gasteiger charge is -2.02. The average molecular weight is 515 g/mol. The minimum atomic E-state index is -0.200. The van der Waals surface area contributed by atoms with Crippen LogP contribution in [0.4, 0.5) is 4.39 Å². The predicted octanol–water partition coefficient (Wildman–Crippen LogP) is 6.58. The van der Waals surface area contributed by atoms with Crippen molar-refractivity contribution in [3.05, 3.63) is 71.6 Å². The summed E-state index contributed by atoms with van der Waals surface area (Å²) in [5.74, 6) is -0.200. The van der Waals surface area contributed by atoms with Crippen LogP contribution < -0.4 is 4.74 Å². The highest BCUT2D eigenvalue weighted by Gasteiger charge is 2.09. The van der Waals surface area contributed by atoms with Gasteiger partial charge in [0.05, 0.1) is 42.4 Å². The molecule has 1 unspecified atom stereocenters. The number of aliphatic hydroxyl groups excluding tert-OH is 1. The largest absolute Gasteiger partial charge is 0.468 e. The van der Waals surface area contributed by atoms with E-state index in [-0.39, 0.29) is 11.9 Å². The van der Waals surface area contributed by atoms with Gasteiger partial charge in [-0.05, 0) is 69.8 Å². The standard InChI is InChI=1S/C11H11N3O.C9H10FN.C6H12O.C2H6.CH4O/c1-3-14-10-5-4-8(7-12)6-9(10)13-11(14)15-2;1-2-11-7-8-4-3-5-9(10)6-8;1-4-5-6(2)7-3;2*1-2/h4-6H,3H2,1-2H3;2-6H,7H2,1H3;4-6H,1-3H3;1-2H3;2H,1H3/b;;5-4+;;. The average Bonchev–Trinajstić information content (AvgIpc) is 3.31. The molecular weight excluding hydrogens is 471 g/mol. The van der Waals surface area contributed by atoms with E-state index in [9.17, 15) is 4.39 Å². The third-order valence-electron chi connectivity index (χ3n) is 4.52. The second-order valence-corrected chi connectivity index (χ2v) is 6.85. The molecule has 1 N–H and O–H groups in total. The number of aromatic nitrogens is 2. The fourth-order valence-corrected chi connectivity index (χ4v) is 2.82. The molecule has 2 aromatic carbocycles. The van der Waals surface area contributed by atoms with Crippen LogP contribution in [0.15, 0.2) is 59.6 Å². The number of methoxy groups -OCH3 is 2. The Kier molecular flexibility index (Phi) is 22.0. The second kappa shape index (κ2) is 22.9. The number of nitriles is 1. The molecule has 0 amide bonds. The van der Waals surface area contributed by atoms with E-state index in [1.807, 2.05) is 70.4 Å². The number of hydrogen-bond acceptors (Lipinski definition) is 6. The van der Waals surface area contributed by atoms with E-state index in [1.165, 1.54) is 12.1 Å². The van der Waals surface area contributed by atoms with Gasteiger partial charge in [0.1, 0.15) is 5.82 Å². The van der Waals surface area contributed by atoms with E-state index in [2.05, 4.69) is 16.0 Å². The molecule has 204 valence electrons. The Balaban J connectivity index is 0. The summed E-state index contributed by atoms with van der Waals surface area (Å²) in [6.45, 7) is 13.2. The van der Waals surface area contributed by atoms with Crippen molar-refractivity contribution >= 4 is 17.2 Å². The first-order valence-corrected chi connectivity index (χ1v) is 12.2. The van der Waals surface area contributed by atoms with Gasteiger partial charge in [-0.25, -0.2) is 4.39 Å². The van der Waals surface area contributed by atoms with Crippen LogP contribution in [0.5, 0.6) is 6.01 Å². The number of benzene rings is 2. The number of allylic oxidation sites excluding steroid dienone is 1. The van der Waals surface area contributed by atoms with Crippen molar-refractivity contribution in [2.24, 2.45) is 4.99 Å². The lowest BCUT2D eigenvalue weighted by Crippen LogP contribution is -1.97. The van der Waals surface area contributed by atoms with E-state index in [4.69, 9.17) is 19.8 Å². The van der Waals surface area contributed by atoms with Crippen molar-refractivity contribution in [2.75, 3.05) is 21.3 Å². The van der Waals surface area contributed by atoms with Crippen molar-refractivity contribution in [3.63, 3.8) is 0 Å². The molecule has 0 aliphatic carbocycles. The molecule has 3 aromatic rings. The number of rotatable bonds is 6. The SMILES string of the molecule is C/C=C/C(C)OC.CC.CC=NCc1cccc(F)c1.CCn1c(OC)nc2cc(C#N)ccc21.CO. The summed E-state index contributed by atoms with van der Waals surface area (Å²) in [5.41, 5.74) is 3.31. The fourth-order valence-electron chi connectivity index (χ4n) is 2.82. The molecule has 0 saturated carbocycles. The maximum absolute atomic E-state index is 12.5. The van der Waals surface area contributed by atoms with Gasteiger partial charge < -0.3 is 14.6 Å².